The maximum Gasteiger partial charge on any atom is 0.335 e. The summed E-state index contributed by atoms with van der Waals surface area (Å²) in [5.41, 5.74) is 6.38. The Balaban J connectivity index is 1.63. The number of aromatic carboxylic acids is 1. The third-order valence-corrected chi connectivity index (χ3v) is 5.58. The molecule has 1 aliphatic rings. The largest absolute Gasteiger partial charge is 0.507 e. The fourth-order valence-electron chi connectivity index (χ4n) is 3.51. The number of phenolic OH excluding ortho intramolecular Hbond substituents is 2. The third-order valence-electron chi connectivity index (χ3n) is 5.58. The molecule has 4 N–H and O–H groups in total. The zero-order chi connectivity index (χ0) is 24.6. The van der Waals surface area contributed by atoms with Crippen molar-refractivity contribution in [2.24, 2.45) is 10.2 Å². The first-order valence-electron chi connectivity index (χ1n) is 10.4. The van der Waals surface area contributed by atoms with Crippen LogP contribution in [0.5, 0.6) is 11.5 Å². The molecule has 0 spiro atoms. The van der Waals surface area contributed by atoms with Crippen molar-refractivity contribution in [3.8, 4) is 22.6 Å². The molecule has 3 aromatic carbocycles. The van der Waals surface area contributed by atoms with Gasteiger partial charge in [-0.05, 0) is 68.3 Å². The van der Waals surface area contributed by atoms with E-state index in [9.17, 15) is 24.9 Å². The summed E-state index contributed by atoms with van der Waals surface area (Å²) >= 11 is 0. The van der Waals surface area contributed by atoms with Crippen molar-refractivity contribution in [1.82, 2.24) is 0 Å². The number of nitrogens with one attached hydrogen (secondary N) is 1. The van der Waals surface area contributed by atoms with Crippen molar-refractivity contribution in [2.45, 2.75) is 20.8 Å². The van der Waals surface area contributed by atoms with E-state index in [0.717, 1.165) is 11.1 Å². The summed E-state index contributed by atoms with van der Waals surface area (Å²) in [6.07, 6.45) is 0. The molecule has 4 rings (SSSR count). The van der Waals surface area contributed by atoms with Crippen LogP contribution in [0.3, 0.4) is 0 Å². The maximum absolute atomic E-state index is 12.9. The topological polar surface area (TPSA) is 135 Å². The van der Waals surface area contributed by atoms with Crippen LogP contribution in [-0.2, 0) is 4.79 Å². The number of aromatic hydroxyl groups is 2. The highest BCUT2D eigenvalue weighted by Gasteiger charge is 2.31. The van der Waals surface area contributed by atoms with Crippen molar-refractivity contribution < 1.29 is 24.9 Å². The molecule has 1 amide bonds. The van der Waals surface area contributed by atoms with Gasteiger partial charge in [0, 0.05) is 11.1 Å². The SMILES string of the molecule is CC1=NN(c2ccc(C)c(C)c2)C(=O)C1=NNc1cccc(-c2cc(C(=O)O)ccc2O)c1O. The van der Waals surface area contributed by atoms with Crippen LogP contribution in [0.4, 0.5) is 11.4 Å². The summed E-state index contributed by atoms with van der Waals surface area (Å²) in [4.78, 5) is 24.2. The number of carboxylic acid groups (broad SMARTS) is 1. The van der Waals surface area contributed by atoms with E-state index < -0.39 is 11.9 Å². The smallest absolute Gasteiger partial charge is 0.335 e. The van der Waals surface area contributed by atoms with E-state index in [2.05, 4.69) is 15.6 Å². The quantitative estimate of drug-likeness (QED) is 0.333. The number of amides is 1. The summed E-state index contributed by atoms with van der Waals surface area (Å²) < 4.78 is 0. The van der Waals surface area contributed by atoms with E-state index in [1.54, 1.807) is 19.1 Å². The molecule has 1 aliphatic heterocycles. The van der Waals surface area contributed by atoms with Crippen molar-refractivity contribution in [3.63, 3.8) is 0 Å². The maximum atomic E-state index is 12.9. The zero-order valence-electron chi connectivity index (χ0n) is 18.7. The van der Waals surface area contributed by atoms with Crippen LogP contribution in [0.1, 0.15) is 28.4 Å². The average molecular weight is 458 g/mol. The number of carboxylic acids is 1. The van der Waals surface area contributed by atoms with Crippen LogP contribution in [0.2, 0.25) is 0 Å². The molecule has 3 aromatic rings. The number of para-hydroxylation sites is 1. The lowest BCUT2D eigenvalue weighted by Crippen LogP contribution is -2.28. The minimum atomic E-state index is -1.16. The fraction of sp³-hybridized carbons (Fsp3) is 0.120. The number of anilines is 2. The van der Waals surface area contributed by atoms with Gasteiger partial charge in [0.2, 0.25) is 0 Å². The second-order valence-corrected chi connectivity index (χ2v) is 7.88. The molecule has 0 aromatic heterocycles. The first kappa shape index (κ1) is 22.5. The first-order chi connectivity index (χ1) is 16.2. The summed E-state index contributed by atoms with van der Waals surface area (Å²) in [7, 11) is 0. The second kappa shape index (κ2) is 8.70. The third kappa shape index (κ3) is 4.06. The minimum absolute atomic E-state index is 0.0411. The monoisotopic (exact) mass is 458 g/mol. The summed E-state index contributed by atoms with van der Waals surface area (Å²) in [6.45, 7) is 5.59. The predicted molar refractivity (Wildman–Crippen MR) is 130 cm³/mol. The molecule has 172 valence electrons. The van der Waals surface area contributed by atoms with Crippen LogP contribution in [0.25, 0.3) is 11.1 Å². The minimum Gasteiger partial charge on any atom is -0.507 e. The summed E-state index contributed by atoms with van der Waals surface area (Å²) in [5.74, 6) is -2.04. The van der Waals surface area contributed by atoms with E-state index in [1.165, 1.54) is 35.3 Å². The lowest BCUT2D eigenvalue weighted by molar-refractivity contribution is -0.112. The van der Waals surface area contributed by atoms with Crippen LogP contribution < -0.4 is 10.4 Å². The Morgan fingerprint density at radius 1 is 0.971 bits per heavy atom. The Kier molecular flexibility index (Phi) is 5.77. The number of nitrogens with zero attached hydrogens (tertiary/aromatic N) is 3. The standard InChI is InChI=1S/C25H22N4O5/c1-13-7-9-17(11-14(13)2)29-24(32)22(15(3)28-29)27-26-20-6-4-5-18(23(20)31)19-12-16(25(33)34)8-10-21(19)30/h4-12,26,30-31H,1-3H3,(H,33,34). The highest BCUT2D eigenvalue weighted by molar-refractivity contribution is 6.71. The number of phenols is 2. The molecule has 0 aliphatic carbocycles. The summed E-state index contributed by atoms with van der Waals surface area (Å²) in [6, 6.07) is 14.0. The van der Waals surface area contributed by atoms with Crippen molar-refractivity contribution in [2.75, 3.05) is 10.4 Å². The highest BCUT2D eigenvalue weighted by atomic mass is 16.4. The Bertz CT molecular complexity index is 1390. The average Bonchev–Trinajstić information content (AvgIpc) is 3.08. The molecule has 0 bridgehead atoms. The molecule has 34 heavy (non-hydrogen) atoms. The van der Waals surface area contributed by atoms with Crippen LogP contribution >= 0.6 is 0 Å². The highest BCUT2D eigenvalue weighted by Crippen LogP contribution is 2.40. The number of hydrogen-bond donors (Lipinski definition) is 4. The van der Waals surface area contributed by atoms with E-state index in [-0.39, 0.29) is 39.6 Å². The van der Waals surface area contributed by atoms with Gasteiger partial charge in [0.1, 0.15) is 11.5 Å². The van der Waals surface area contributed by atoms with Gasteiger partial charge in [-0.1, -0.05) is 18.2 Å². The van der Waals surface area contributed by atoms with E-state index in [1.807, 2.05) is 26.0 Å². The molecule has 0 unspecified atom stereocenters. The van der Waals surface area contributed by atoms with Crippen LogP contribution in [0.15, 0.2) is 64.8 Å². The summed E-state index contributed by atoms with van der Waals surface area (Å²) in [5, 5.41) is 40.0. The number of benzene rings is 3. The molecule has 0 saturated carbocycles. The molecule has 0 saturated heterocycles. The normalized spacial score (nSPS) is 14.4. The first-order valence-corrected chi connectivity index (χ1v) is 10.4. The van der Waals surface area contributed by atoms with E-state index >= 15 is 0 Å². The van der Waals surface area contributed by atoms with Crippen LogP contribution in [-0.4, -0.2) is 38.6 Å². The van der Waals surface area contributed by atoms with Gasteiger partial charge in [0.05, 0.1) is 22.6 Å². The lowest BCUT2D eigenvalue weighted by Gasteiger charge is -2.13. The predicted octanol–water partition coefficient (Wildman–Crippen LogP) is 4.27. The van der Waals surface area contributed by atoms with Gasteiger partial charge in [-0.25, -0.2) is 4.79 Å². The van der Waals surface area contributed by atoms with E-state index in [0.29, 0.717) is 11.4 Å². The fourth-order valence-corrected chi connectivity index (χ4v) is 3.51. The number of rotatable bonds is 5. The van der Waals surface area contributed by atoms with Gasteiger partial charge in [-0.15, -0.1) is 0 Å². The molecule has 9 nitrogen and oxygen atoms in total. The van der Waals surface area contributed by atoms with Gasteiger partial charge >= 0.3 is 11.9 Å². The molecule has 0 atom stereocenters. The second-order valence-electron chi connectivity index (χ2n) is 7.88. The number of hydrogen-bond acceptors (Lipinski definition) is 7. The van der Waals surface area contributed by atoms with Crippen molar-refractivity contribution in [3.05, 3.63) is 71.3 Å². The van der Waals surface area contributed by atoms with Crippen molar-refractivity contribution >= 4 is 34.7 Å². The van der Waals surface area contributed by atoms with Gasteiger partial charge < -0.3 is 15.3 Å². The molecular weight excluding hydrogens is 436 g/mol. The Morgan fingerprint density at radius 3 is 2.44 bits per heavy atom. The molecule has 1 heterocycles. The number of aryl methyl sites for hydroxylation is 2. The number of carbonyl (C=O) groups excluding carboxylic acids is 1. The molecular formula is C25H22N4O5. The van der Waals surface area contributed by atoms with Gasteiger partial charge in [0.15, 0.2) is 5.71 Å². The molecule has 0 radical (unpaired) electrons. The Morgan fingerprint density at radius 2 is 1.74 bits per heavy atom. The van der Waals surface area contributed by atoms with E-state index in [4.69, 9.17) is 0 Å². The zero-order valence-corrected chi connectivity index (χ0v) is 18.7. The van der Waals surface area contributed by atoms with Gasteiger partial charge in [-0.3, -0.25) is 10.2 Å². The Hall–Kier alpha value is -4.66. The molecule has 9 heteroatoms. The van der Waals surface area contributed by atoms with Crippen LogP contribution in [0, 0.1) is 13.8 Å². The van der Waals surface area contributed by atoms with Gasteiger partial charge in [-0.2, -0.15) is 15.2 Å². The number of carbonyl (C=O) groups is 2. The lowest BCUT2D eigenvalue weighted by atomic mass is 10.0. The number of hydrazone groups is 2. The van der Waals surface area contributed by atoms with Crippen molar-refractivity contribution in [1.29, 1.82) is 0 Å². The molecule has 0 fully saturated rings. The Labute approximate surface area is 195 Å². The van der Waals surface area contributed by atoms with Gasteiger partial charge in [0.25, 0.3) is 0 Å².